The lowest BCUT2D eigenvalue weighted by Gasteiger charge is -2.44. The number of rotatable bonds is 11. The Morgan fingerprint density at radius 3 is 2.36 bits per heavy atom. The number of benzene rings is 1. The molecule has 0 bridgehead atoms. The second kappa shape index (κ2) is 15.7. The van der Waals surface area contributed by atoms with E-state index in [2.05, 4.69) is 24.2 Å². The summed E-state index contributed by atoms with van der Waals surface area (Å²) in [6, 6.07) is 9.32. The van der Waals surface area contributed by atoms with Crippen molar-refractivity contribution in [3.05, 3.63) is 41.7 Å². The number of nitrogens with zero attached hydrogens (tertiary/aromatic N) is 6. The molecule has 2 fully saturated rings. The fraction of sp³-hybridized carbons (Fsp3) is 0.676. The number of methoxy groups -OCH3 is 1. The number of piperidine rings is 2. The Morgan fingerprint density at radius 2 is 1.71 bits per heavy atom. The number of amides is 3. The molecule has 3 heterocycles. The predicted molar refractivity (Wildman–Crippen MR) is 172 cm³/mol. The number of ether oxygens (including phenoxy) is 2. The summed E-state index contributed by atoms with van der Waals surface area (Å²) in [5.41, 5.74) is 1.21. The fourth-order valence-corrected chi connectivity index (χ4v) is 6.26. The second-order valence-corrected chi connectivity index (χ2v) is 13.8. The smallest absolute Gasteiger partial charge is 0.410 e. The van der Waals surface area contributed by atoms with Gasteiger partial charge >= 0.3 is 6.09 Å². The summed E-state index contributed by atoms with van der Waals surface area (Å²) < 4.78 is 12.8. The molecular weight excluding hydrogens is 572 g/mol. The zero-order valence-electron chi connectivity index (χ0n) is 28.0. The minimum Gasteiger partial charge on any atom is -0.444 e. The lowest BCUT2D eigenvalue weighted by atomic mass is 9.90. The van der Waals surface area contributed by atoms with E-state index in [1.54, 1.807) is 16.7 Å². The van der Waals surface area contributed by atoms with Gasteiger partial charge in [0.1, 0.15) is 5.60 Å². The standard InChI is InChI=1S/C34H52N6O5/c1-25(2)22-39(32(42)30-29(17-11-14-20-44-6)40(36-35-30)27-15-9-7-10-16-27)28-21-26(31(41)37-18-12-8-13-19-37)23-38(24-28)33(43)45-34(3,4)5/h7,9-10,15-16,25-26,28H,8,11-14,17-24H2,1-6H3/t26-,28+/m1/s1. The van der Waals surface area contributed by atoms with E-state index >= 15 is 0 Å². The molecule has 0 spiro atoms. The first-order valence-corrected chi connectivity index (χ1v) is 16.5. The molecule has 0 N–H and O–H groups in total. The van der Waals surface area contributed by atoms with Gasteiger partial charge in [-0.3, -0.25) is 9.59 Å². The van der Waals surface area contributed by atoms with Crippen molar-refractivity contribution >= 4 is 17.9 Å². The summed E-state index contributed by atoms with van der Waals surface area (Å²) in [6.45, 7) is 12.8. The van der Waals surface area contributed by atoms with Crippen LogP contribution >= 0.6 is 0 Å². The van der Waals surface area contributed by atoms with E-state index < -0.39 is 17.6 Å². The highest BCUT2D eigenvalue weighted by Crippen LogP contribution is 2.28. The topological polar surface area (TPSA) is 110 Å². The van der Waals surface area contributed by atoms with E-state index in [0.29, 0.717) is 31.7 Å². The van der Waals surface area contributed by atoms with Gasteiger partial charge in [-0.25, -0.2) is 9.48 Å². The highest BCUT2D eigenvalue weighted by atomic mass is 16.6. The third-order valence-corrected chi connectivity index (χ3v) is 8.34. The molecule has 1 aromatic carbocycles. The zero-order valence-corrected chi connectivity index (χ0v) is 28.0. The molecule has 2 aliphatic rings. The highest BCUT2D eigenvalue weighted by molar-refractivity contribution is 5.94. The van der Waals surface area contributed by atoms with E-state index in [1.807, 2.05) is 60.9 Å². The third kappa shape index (κ3) is 9.28. The van der Waals surface area contributed by atoms with Crippen LogP contribution in [0.4, 0.5) is 4.79 Å². The van der Waals surface area contributed by atoms with Gasteiger partial charge in [-0.15, -0.1) is 5.10 Å². The van der Waals surface area contributed by atoms with Gasteiger partial charge < -0.3 is 24.2 Å². The maximum absolute atomic E-state index is 14.6. The van der Waals surface area contributed by atoms with E-state index in [9.17, 15) is 14.4 Å². The molecule has 2 saturated heterocycles. The Hall–Kier alpha value is -3.47. The Kier molecular flexibility index (Phi) is 12.0. The molecule has 2 atom stereocenters. The zero-order chi connectivity index (χ0) is 32.6. The van der Waals surface area contributed by atoms with Crippen LogP contribution in [0.1, 0.15) is 89.3 Å². The molecule has 0 radical (unpaired) electrons. The highest BCUT2D eigenvalue weighted by Gasteiger charge is 2.42. The molecule has 2 aromatic rings. The normalized spacial score (nSPS) is 19.1. The molecule has 2 aliphatic heterocycles. The second-order valence-electron chi connectivity index (χ2n) is 13.8. The van der Waals surface area contributed by atoms with Crippen molar-refractivity contribution in [2.24, 2.45) is 11.8 Å². The third-order valence-electron chi connectivity index (χ3n) is 8.34. The summed E-state index contributed by atoms with van der Waals surface area (Å²) in [4.78, 5) is 47.2. The number of para-hydroxylation sites is 1. The van der Waals surface area contributed by atoms with Crippen molar-refractivity contribution in [2.75, 3.05) is 46.4 Å². The van der Waals surface area contributed by atoms with Crippen molar-refractivity contribution in [1.29, 1.82) is 0 Å². The molecular formula is C34H52N6O5. The number of unbranched alkanes of at least 4 members (excludes halogenated alkanes) is 1. The quantitative estimate of drug-likeness (QED) is 0.325. The summed E-state index contributed by atoms with van der Waals surface area (Å²) in [5.74, 6) is -0.451. The van der Waals surface area contributed by atoms with Crippen LogP contribution in [0.2, 0.25) is 0 Å². The number of carbonyl (C=O) groups is 3. The largest absolute Gasteiger partial charge is 0.444 e. The first-order valence-electron chi connectivity index (χ1n) is 16.5. The van der Waals surface area contributed by atoms with Gasteiger partial charge in [0.05, 0.1) is 23.3 Å². The van der Waals surface area contributed by atoms with Crippen LogP contribution < -0.4 is 0 Å². The summed E-state index contributed by atoms with van der Waals surface area (Å²) in [6.07, 6.45) is 5.35. The fourth-order valence-electron chi connectivity index (χ4n) is 6.26. The average molecular weight is 625 g/mol. The molecule has 11 heteroatoms. The molecule has 0 aliphatic carbocycles. The Balaban J connectivity index is 1.68. The number of hydrogen-bond donors (Lipinski definition) is 0. The Morgan fingerprint density at radius 1 is 1.00 bits per heavy atom. The lowest BCUT2D eigenvalue weighted by molar-refractivity contribution is -0.139. The number of hydrogen-bond acceptors (Lipinski definition) is 7. The van der Waals surface area contributed by atoms with Crippen LogP contribution in [0, 0.1) is 11.8 Å². The van der Waals surface area contributed by atoms with Gasteiger partial charge in [0.25, 0.3) is 5.91 Å². The van der Waals surface area contributed by atoms with Crippen molar-refractivity contribution in [2.45, 2.75) is 91.2 Å². The minimum atomic E-state index is -0.683. The van der Waals surface area contributed by atoms with Gasteiger partial charge in [0, 0.05) is 46.4 Å². The van der Waals surface area contributed by atoms with E-state index in [-0.39, 0.29) is 36.9 Å². The first kappa shape index (κ1) is 34.4. The van der Waals surface area contributed by atoms with Crippen LogP contribution in [-0.4, -0.2) is 106 Å². The summed E-state index contributed by atoms with van der Waals surface area (Å²) >= 11 is 0. The van der Waals surface area contributed by atoms with Crippen LogP contribution in [0.3, 0.4) is 0 Å². The number of likely N-dealkylation sites (tertiary alicyclic amines) is 2. The van der Waals surface area contributed by atoms with Crippen LogP contribution in [0.25, 0.3) is 5.69 Å². The molecule has 1 aromatic heterocycles. The Labute approximate surface area is 268 Å². The summed E-state index contributed by atoms with van der Waals surface area (Å²) in [5, 5.41) is 8.90. The van der Waals surface area contributed by atoms with Crippen LogP contribution in [-0.2, 0) is 20.7 Å². The van der Waals surface area contributed by atoms with Crippen molar-refractivity contribution < 1.29 is 23.9 Å². The molecule has 45 heavy (non-hydrogen) atoms. The molecule has 4 rings (SSSR count). The molecule has 0 unspecified atom stereocenters. The molecule has 0 saturated carbocycles. The van der Waals surface area contributed by atoms with Gasteiger partial charge in [0.15, 0.2) is 5.69 Å². The summed E-state index contributed by atoms with van der Waals surface area (Å²) in [7, 11) is 1.68. The monoisotopic (exact) mass is 624 g/mol. The predicted octanol–water partition coefficient (Wildman–Crippen LogP) is 4.97. The lowest BCUT2D eigenvalue weighted by Crippen LogP contribution is -2.58. The van der Waals surface area contributed by atoms with Crippen LogP contribution in [0.5, 0.6) is 0 Å². The molecule has 248 valence electrons. The van der Waals surface area contributed by atoms with Crippen molar-refractivity contribution in [1.82, 2.24) is 29.7 Å². The van der Waals surface area contributed by atoms with E-state index in [4.69, 9.17) is 9.47 Å². The Bertz CT molecular complexity index is 1270. The van der Waals surface area contributed by atoms with Gasteiger partial charge in [-0.05, 0) is 83.8 Å². The average Bonchev–Trinajstić information content (AvgIpc) is 3.45. The maximum Gasteiger partial charge on any atom is 0.410 e. The maximum atomic E-state index is 14.6. The SMILES string of the molecule is COCCCCc1c(C(=O)N(CC(C)C)[C@H]2C[C@@H](C(=O)N3CCCCC3)CN(C(=O)OC(C)(C)C)C2)nnn1-c1ccccc1. The number of carbonyl (C=O) groups excluding carboxylic acids is 3. The molecule has 11 nitrogen and oxygen atoms in total. The minimum absolute atomic E-state index is 0.0544. The van der Waals surface area contributed by atoms with Crippen molar-refractivity contribution in [3.8, 4) is 5.69 Å². The van der Waals surface area contributed by atoms with Gasteiger partial charge in [0.2, 0.25) is 5.91 Å². The molecule has 3 amide bonds. The first-order chi connectivity index (χ1) is 21.5. The van der Waals surface area contributed by atoms with Gasteiger partial charge in [-0.1, -0.05) is 37.3 Å². The van der Waals surface area contributed by atoms with Gasteiger partial charge in [-0.2, -0.15) is 0 Å². The van der Waals surface area contributed by atoms with Crippen LogP contribution in [0.15, 0.2) is 30.3 Å². The van der Waals surface area contributed by atoms with Crippen molar-refractivity contribution in [3.63, 3.8) is 0 Å². The number of aromatic nitrogens is 3. The van der Waals surface area contributed by atoms with E-state index in [1.165, 1.54) is 0 Å². The van der Waals surface area contributed by atoms with E-state index in [0.717, 1.165) is 56.6 Å².